The van der Waals surface area contributed by atoms with Crippen LogP contribution in [0.4, 0.5) is 0 Å². The first-order chi connectivity index (χ1) is 5.25. The van der Waals surface area contributed by atoms with E-state index in [0.29, 0.717) is 0 Å². The Morgan fingerprint density at radius 2 is 2.27 bits per heavy atom. The molecule has 1 atom stereocenters. The average Bonchev–Trinajstić information content (AvgIpc) is 2.81. The molecule has 58 valence electrons. The summed E-state index contributed by atoms with van der Waals surface area (Å²) in [6.45, 7) is 3.33. The van der Waals surface area contributed by atoms with Gasteiger partial charge in [-0.3, -0.25) is 9.00 Å². The first-order valence-electron chi connectivity index (χ1n) is 3.32. The van der Waals surface area contributed by atoms with Gasteiger partial charge < -0.3 is 0 Å². The van der Waals surface area contributed by atoms with E-state index in [0.717, 1.165) is 12.8 Å². The second-order valence-corrected chi connectivity index (χ2v) is 3.89. The summed E-state index contributed by atoms with van der Waals surface area (Å²) >= 11 is 0. The molecule has 3 heteroatoms. The summed E-state index contributed by atoms with van der Waals surface area (Å²) in [6.07, 6.45) is 3.12. The number of hydrogen-bond acceptors (Lipinski definition) is 2. The Morgan fingerprint density at radius 3 is 2.73 bits per heavy atom. The van der Waals surface area contributed by atoms with Crippen molar-refractivity contribution in [3.05, 3.63) is 12.7 Å². The molecule has 0 N–H and O–H groups in total. The fraction of sp³-hybridized carbons (Fsp3) is 0.375. The van der Waals surface area contributed by atoms with Crippen molar-refractivity contribution in [2.24, 2.45) is 0 Å². The number of carbonyl (C=O) groups excluding carboxylic acids is 1. The number of carbonyl (C=O) groups is 1. The van der Waals surface area contributed by atoms with E-state index in [9.17, 15) is 9.00 Å². The second-order valence-electron chi connectivity index (χ2n) is 2.26. The van der Waals surface area contributed by atoms with Gasteiger partial charge in [0.15, 0.2) is 0 Å². The standard InChI is InChI=1S/C8H8O2S/c1-2-3-4-8(9)11(10)7-5-6-7/h2,7H,1,5-6H2. The molecule has 0 amide bonds. The molecule has 1 rings (SSSR count). The molecule has 0 aromatic rings. The lowest BCUT2D eigenvalue weighted by Crippen LogP contribution is -2.08. The molecular weight excluding hydrogens is 160 g/mol. The minimum Gasteiger partial charge on any atom is -0.269 e. The van der Waals surface area contributed by atoms with Gasteiger partial charge >= 0.3 is 0 Å². The lowest BCUT2D eigenvalue weighted by atomic mass is 10.6. The molecular formula is C8H8O2S. The normalized spacial score (nSPS) is 17.8. The molecule has 0 radical (unpaired) electrons. The van der Waals surface area contributed by atoms with Crippen LogP contribution in [0.25, 0.3) is 0 Å². The van der Waals surface area contributed by atoms with Crippen molar-refractivity contribution in [3.63, 3.8) is 0 Å². The van der Waals surface area contributed by atoms with Crippen LogP contribution in [-0.2, 0) is 15.6 Å². The number of allylic oxidation sites excluding steroid dienone is 1. The molecule has 2 nitrogen and oxygen atoms in total. The lowest BCUT2D eigenvalue weighted by Gasteiger charge is -1.86. The molecule has 1 fully saturated rings. The highest BCUT2D eigenvalue weighted by Crippen LogP contribution is 2.26. The summed E-state index contributed by atoms with van der Waals surface area (Å²) in [5, 5.41) is -0.381. The Morgan fingerprint density at radius 1 is 1.64 bits per heavy atom. The molecule has 0 heterocycles. The van der Waals surface area contributed by atoms with Crippen LogP contribution < -0.4 is 0 Å². The van der Waals surface area contributed by atoms with Crippen LogP contribution in [0.3, 0.4) is 0 Å². The van der Waals surface area contributed by atoms with E-state index in [1.54, 1.807) is 0 Å². The highest BCUT2D eigenvalue weighted by atomic mass is 32.2. The Labute approximate surface area is 68.1 Å². The largest absolute Gasteiger partial charge is 0.293 e. The highest BCUT2D eigenvalue weighted by molar-refractivity contribution is 8.01. The van der Waals surface area contributed by atoms with Gasteiger partial charge in [0.2, 0.25) is 0 Å². The fourth-order valence-corrected chi connectivity index (χ4v) is 1.62. The Kier molecular flexibility index (Phi) is 2.61. The van der Waals surface area contributed by atoms with Crippen molar-refractivity contribution < 1.29 is 9.00 Å². The molecule has 0 aromatic carbocycles. The highest BCUT2D eigenvalue weighted by Gasteiger charge is 2.31. The summed E-state index contributed by atoms with van der Waals surface area (Å²) in [6, 6.07) is 0. The minimum absolute atomic E-state index is 0.0848. The molecule has 0 bridgehead atoms. The molecule has 11 heavy (non-hydrogen) atoms. The summed E-state index contributed by atoms with van der Waals surface area (Å²) < 4.78 is 11.0. The molecule has 0 saturated heterocycles. The summed E-state index contributed by atoms with van der Waals surface area (Å²) in [5.41, 5.74) is 0. The Balaban J connectivity index is 2.52. The van der Waals surface area contributed by atoms with Gasteiger partial charge in [-0.2, -0.15) is 0 Å². The monoisotopic (exact) mass is 168 g/mol. The van der Waals surface area contributed by atoms with E-state index in [1.807, 2.05) is 0 Å². The van der Waals surface area contributed by atoms with Gasteiger partial charge in [0.05, 0.1) is 0 Å². The summed E-state index contributed by atoms with van der Waals surface area (Å²) in [5.74, 6) is 4.63. The number of rotatable bonds is 1. The molecule has 1 aliphatic carbocycles. The van der Waals surface area contributed by atoms with Crippen LogP contribution in [0, 0.1) is 11.8 Å². The summed E-state index contributed by atoms with van der Waals surface area (Å²) in [4.78, 5) is 10.9. The molecule has 1 unspecified atom stereocenters. The van der Waals surface area contributed by atoms with E-state index in [1.165, 1.54) is 6.08 Å². The quantitative estimate of drug-likeness (QED) is 0.538. The van der Waals surface area contributed by atoms with Gasteiger partial charge in [-0.05, 0) is 24.8 Å². The maximum absolute atomic E-state index is 11.0. The van der Waals surface area contributed by atoms with Crippen molar-refractivity contribution in [2.75, 3.05) is 0 Å². The van der Waals surface area contributed by atoms with Gasteiger partial charge in [-0.15, -0.1) is 0 Å². The van der Waals surface area contributed by atoms with Crippen molar-refractivity contribution in [1.29, 1.82) is 0 Å². The van der Waals surface area contributed by atoms with Gasteiger partial charge in [0.1, 0.15) is 10.8 Å². The smallest absolute Gasteiger partial charge is 0.269 e. The molecule has 1 aliphatic rings. The van der Waals surface area contributed by atoms with Crippen LogP contribution in [0.1, 0.15) is 12.8 Å². The summed E-state index contributed by atoms with van der Waals surface area (Å²) in [7, 11) is -1.37. The molecule has 0 aliphatic heterocycles. The molecule has 1 saturated carbocycles. The second kappa shape index (κ2) is 3.49. The lowest BCUT2D eigenvalue weighted by molar-refractivity contribution is -0.106. The van der Waals surface area contributed by atoms with Crippen molar-refractivity contribution in [2.45, 2.75) is 18.1 Å². The van der Waals surface area contributed by atoms with Crippen molar-refractivity contribution in [1.82, 2.24) is 0 Å². The fourth-order valence-electron chi connectivity index (χ4n) is 0.594. The van der Waals surface area contributed by atoms with Crippen LogP contribution in [0.2, 0.25) is 0 Å². The maximum Gasteiger partial charge on any atom is 0.293 e. The van der Waals surface area contributed by atoms with E-state index in [2.05, 4.69) is 18.4 Å². The van der Waals surface area contributed by atoms with Gasteiger partial charge in [0, 0.05) is 5.25 Å². The number of hydrogen-bond donors (Lipinski definition) is 0. The first kappa shape index (κ1) is 8.22. The van der Waals surface area contributed by atoms with Gasteiger partial charge in [0.25, 0.3) is 5.12 Å². The van der Waals surface area contributed by atoms with E-state index >= 15 is 0 Å². The average molecular weight is 168 g/mol. The van der Waals surface area contributed by atoms with Gasteiger partial charge in [-0.1, -0.05) is 12.5 Å². The van der Waals surface area contributed by atoms with Crippen molar-refractivity contribution >= 4 is 15.9 Å². The zero-order chi connectivity index (χ0) is 8.27. The Hall–Kier alpha value is -0.880. The SMILES string of the molecule is C=CC#CC(=O)S(=O)C1CC1. The topological polar surface area (TPSA) is 34.1 Å². The molecule has 0 spiro atoms. The predicted octanol–water partition coefficient (Wildman–Crippen LogP) is 0.613. The minimum atomic E-state index is -1.37. The van der Waals surface area contributed by atoms with Crippen LogP contribution in [0.5, 0.6) is 0 Å². The van der Waals surface area contributed by atoms with E-state index in [4.69, 9.17) is 0 Å². The zero-order valence-corrected chi connectivity index (χ0v) is 6.82. The zero-order valence-electron chi connectivity index (χ0n) is 6.00. The molecule has 0 aromatic heterocycles. The van der Waals surface area contributed by atoms with Crippen LogP contribution in [0.15, 0.2) is 12.7 Å². The third kappa shape index (κ3) is 2.32. The third-order valence-electron chi connectivity index (χ3n) is 1.29. The van der Waals surface area contributed by atoms with E-state index < -0.39 is 15.9 Å². The van der Waals surface area contributed by atoms with E-state index in [-0.39, 0.29) is 5.25 Å². The maximum atomic E-state index is 11.0. The Bertz CT molecular complexity index is 266. The van der Waals surface area contributed by atoms with Crippen LogP contribution >= 0.6 is 0 Å². The van der Waals surface area contributed by atoms with Crippen LogP contribution in [-0.4, -0.2) is 14.6 Å². The third-order valence-corrected chi connectivity index (χ3v) is 2.83. The van der Waals surface area contributed by atoms with Crippen molar-refractivity contribution in [3.8, 4) is 11.8 Å². The predicted molar refractivity (Wildman–Crippen MR) is 44.1 cm³/mol. The first-order valence-corrected chi connectivity index (χ1v) is 4.54. The van der Waals surface area contributed by atoms with Gasteiger partial charge in [-0.25, -0.2) is 0 Å².